The van der Waals surface area contributed by atoms with E-state index < -0.39 is 0 Å². The molecule has 0 aliphatic rings. The third-order valence-electron chi connectivity index (χ3n) is 2.14. The first-order valence-electron chi connectivity index (χ1n) is 4.72. The minimum absolute atomic E-state index is 0.383. The fraction of sp³-hybridized carbons (Fsp3) is 0.200. The number of rotatable bonds is 3. The third kappa shape index (κ3) is 2.52. The van der Waals surface area contributed by atoms with E-state index in [-0.39, 0.29) is 0 Å². The van der Waals surface area contributed by atoms with Gasteiger partial charge in [0.05, 0.1) is 18.4 Å². The van der Waals surface area contributed by atoms with Gasteiger partial charge in [-0.25, -0.2) is 4.68 Å². The average Bonchev–Trinajstić information content (AvgIpc) is 2.70. The van der Waals surface area contributed by atoms with Crippen LogP contribution in [0.3, 0.4) is 0 Å². The molecule has 0 atom stereocenters. The van der Waals surface area contributed by atoms with E-state index >= 15 is 0 Å². The summed E-state index contributed by atoms with van der Waals surface area (Å²) in [6, 6.07) is 5.37. The van der Waals surface area contributed by atoms with Gasteiger partial charge in [-0.1, -0.05) is 34.5 Å². The molecule has 0 aliphatic heterocycles. The van der Waals surface area contributed by atoms with Gasteiger partial charge in [-0.3, -0.25) is 0 Å². The topological polar surface area (TPSA) is 56.7 Å². The molecule has 0 saturated heterocycles. The van der Waals surface area contributed by atoms with E-state index in [9.17, 15) is 0 Å². The van der Waals surface area contributed by atoms with Gasteiger partial charge in [0.2, 0.25) is 0 Å². The molecule has 16 heavy (non-hydrogen) atoms. The van der Waals surface area contributed by atoms with Crippen LogP contribution in [0, 0.1) is 0 Å². The summed E-state index contributed by atoms with van der Waals surface area (Å²) in [5.41, 5.74) is 7.15. The zero-order valence-corrected chi connectivity index (χ0v) is 9.91. The Bertz CT molecular complexity index is 495. The lowest BCUT2D eigenvalue weighted by Gasteiger charge is -2.03. The summed E-state index contributed by atoms with van der Waals surface area (Å²) in [6.07, 6.45) is 1.80. The van der Waals surface area contributed by atoms with Crippen molar-refractivity contribution in [3.8, 4) is 0 Å². The van der Waals surface area contributed by atoms with Gasteiger partial charge in [0, 0.05) is 16.6 Å². The minimum Gasteiger partial charge on any atom is -0.325 e. The zero-order chi connectivity index (χ0) is 11.5. The maximum absolute atomic E-state index is 6.05. The van der Waals surface area contributed by atoms with Gasteiger partial charge >= 0.3 is 0 Å². The van der Waals surface area contributed by atoms with Crippen molar-refractivity contribution in [2.45, 2.75) is 13.1 Å². The number of benzene rings is 1. The number of halogens is 2. The van der Waals surface area contributed by atoms with E-state index in [0.717, 1.165) is 11.3 Å². The lowest BCUT2D eigenvalue weighted by molar-refractivity contribution is 0.649. The minimum atomic E-state index is 0.383. The molecular weight excluding hydrogens is 247 g/mol. The van der Waals surface area contributed by atoms with Crippen molar-refractivity contribution in [2.75, 3.05) is 0 Å². The van der Waals surface area contributed by atoms with Crippen molar-refractivity contribution in [1.82, 2.24) is 15.0 Å². The van der Waals surface area contributed by atoms with Crippen LogP contribution >= 0.6 is 23.2 Å². The van der Waals surface area contributed by atoms with Crippen molar-refractivity contribution in [3.63, 3.8) is 0 Å². The first-order valence-corrected chi connectivity index (χ1v) is 5.47. The van der Waals surface area contributed by atoms with Crippen LogP contribution in [-0.2, 0) is 13.1 Å². The quantitative estimate of drug-likeness (QED) is 0.915. The van der Waals surface area contributed by atoms with Crippen LogP contribution in [0.4, 0.5) is 0 Å². The largest absolute Gasteiger partial charge is 0.325 e. The van der Waals surface area contributed by atoms with Crippen LogP contribution in [0.25, 0.3) is 0 Å². The number of aromatic nitrogens is 3. The Morgan fingerprint density at radius 2 is 2.12 bits per heavy atom. The SMILES string of the molecule is NCc1cn(Cc2ccc(Cl)cc2Cl)nn1. The maximum atomic E-state index is 6.05. The van der Waals surface area contributed by atoms with E-state index in [1.54, 1.807) is 23.0 Å². The highest BCUT2D eigenvalue weighted by Crippen LogP contribution is 2.21. The van der Waals surface area contributed by atoms with E-state index in [1.807, 2.05) is 6.07 Å². The van der Waals surface area contributed by atoms with E-state index in [1.165, 1.54) is 0 Å². The molecule has 0 aliphatic carbocycles. The van der Waals surface area contributed by atoms with Gasteiger partial charge in [0.25, 0.3) is 0 Å². The Balaban J connectivity index is 2.20. The monoisotopic (exact) mass is 256 g/mol. The molecule has 2 rings (SSSR count). The standard InChI is InChI=1S/C10H10Cl2N4/c11-8-2-1-7(10(12)3-8)5-16-6-9(4-13)14-15-16/h1-3,6H,4-5,13H2. The Hall–Kier alpha value is -1.10. The Labute approximate surface area is 103 Å². The van der Waals surface area contributed by atoms with Crippen molar-refractivity contribution < 1.29 is 0 Å². The summed E-state index contributed by atoms with van der Waals surface area (Å²) in [4.78, 5) is 0. The molecular formula is C10H10Cl2N4. The molecule has 0 bridgehead atoms. The normalized spacial score (nSPS) is 10.7. The van der Waals surface area contributed by atoms with Crippen molar-refractivity contribution >= 4 is 23.2 Å². The number of nitrogens with zero attached hydrogens (tertiary/aromatic N) is 3. The summed E-state index contributed by atoms with van der Waals surface area (Å²) < 4.78 is 1.69. The Morgan fingerprint density at radius 3 is 2.75 bits per heavy atom. The van der Waals surface area contributed by atoms with Gasteiger partial charge in [0.15, 0.2) is 0 Å². The fourth-order valence-electron chi connectivity index (χ4n) is 1.33. The van der Waals surface area contributed by atoms with E-state index in [0.29, 0.717) is 23.1 Å². The fourth-order valence-corrected chi connectivity index (χ4v) is 1.80. The molecule has 0 saturated carbocycles. The zero-order valence-electron chi connectivity index (χ0n) is 8.40. The van der Waals surface area contributed by atoms with Crippen LogP contribution in [0.5, 0.6) is 0 Å². The van der Waals surface area contributed by atoms with Crippen LogP contribution < -0.4 is 5.73 Å². The summed E-state index contributed by atoms with van der Waals surface area (Å²) in [5, 5.41) is 9.08. The molecule has 1 aromatic heterocycles. The smallest absolute Gasteiger partial charge is 0.0962 e. The molecule has 4 nitrogen and oxygen atoms in total. The highest BCUT2D eigenvalue weighted by Gasteiger charge is 2.04. The summed E-state index contributed by atoms with van der Waals surface area (Å²) in [5.74, 6) is 0. The van der Waals surface area contributed by atoms with Gasteiger partial charge in [-0.15, -0.1) is 5.10 Å². The second-order valence-electron chi connectivity index (χ2n) is 3.35. The number of hydrogen-bond donors (Lipinski definition) is 1. The first kappa shape index (κ1) is 11.4. The summed E-state index contributed by atoms with van der Waals surface area (Å²) in [6.45, 7) is 0.942. The molecule has 2 N–H and O–H groups in total. The van der Waals surface area contributed by atoms with Gasteiger partial charge in [0.1, 0.15) is 0 Å². The molecule has 0 amide bonds. The predicted octanol–water partition coefficient (Wildman–Crippen LogP) is 2.09. The maximum Gasteiger partial charge on any atom is 0.0962 e. The van der Waals surface area contributed by atoms with Crippen LogP contribution in [0.1, 0.15) is 11.3 Å². The lowest BCUT2D eigenvalue weighted by atomic mass is 10.2. The number of hydrogen-bond acceptors (Lipinski definition) is 3. The van der Waals surface area contributed by atoms with Crippen LogP contribution in [0.15, 0.2) is 24.4 Å². The van der Waals surface area contributed by atoms with Crippen molar-refractivity contribution in [3.05, 3.63) is 45.7 Å². The first-order chi connectivity index (χ1) is 7.69. The number of nitrogens with two attached hydrogens (primary N) is 1. The molecule has 84 valence electrons. The van der Waals surface area contributed by atoms with E-state index in [2.05, 4.69) is 10.3 Å². The second-order valence-corrected chi connectivity index (χ2v) is 4.19. The molecule has 0 spiro atoms. The predicted molar refractivity (Wildman–Crippen MR) is 63.5 cm³/mol. The van der Waals surface area contributed by atoms with Crippen LogP contribution in [-0.4, -0.2) is 15.0 Å². The Kier molecular flexibility index (Phi) is 3.43. The average molecular weight is 257 g/mol. The summed E-state index contributed by atoms with van der Waals surface area (Å²) >= 11 is 11.9. The summed E-state index contributed by atoms with van der Waals surface area (Å²) in [7, 11) is 0. The lowest BCUT2D eigenvalue weighted by Crippen LogP contribution is -2.01. The van der Waals surface area contributed by atoms with Gasteiger partial charge in [-0.2, -0.15) is 0 Å². The molecule has 0 fully saturated rings. The molecule has 6 heteroatoms. The molecule has 0 radical (unpaired) electrons. The third-order valence-corrected chi connectivity index (χ3v) is 2.73. The van der Waals surface area contributed by atoms with Gasteiger partial charge < -0.3 is 5.73 Å². The molecule has 0 unspecified atom stereocenters. The van der Waals surface area contributed by atoms with Crippen molar-refractivity contribution in [2.24, 2.45) is 5.73 Å². The second kappa shape index (κ2) is 4.82. The van der Waals surface area contributed by atoms with E-state index in [4.69, 9.17) is 28.9 Å². The molecule has 2 aromatic rings. The highest BCUT2D eigenvalue weighted by molar-refractivity contribution is 6.35. The van der Waals surface area contributed by atoms with Crippen LogP contribution in [0.2, 0.25) is 10.0 Å². The highest BCUT2D eigenvalue weighted by atomic mass is 35.5. The van der Waals surface area contributed by atoms with Gasteiger partial charge in [-0.05, 0) is 17.7 Å². The van der Waals surface area contributed by atoms with Crippen molar-refractivity contribution in [1.29, 1.82) is 0 Å². The Morgan fingerprint density at radius 1 is 1.31 bits per heavy atom. The molecule has 1 heterocycles. The molecule has 1 aromatic carbocycles.